The number of aliphatic carboxylic acids is 1. The number of hydrogen-bond acceptors (Lipinski definition) is 15. The smallest absolute Gasteiger partial charge is 0.325 e. The number of amides is 1. The minimum Gasteiger partial charge on any atom is -0.507 e. The number of aryl methyl sites for hydroxylation is 1. The molecule has 1 fully saturated rings. The first-order chi connectivity index (χ1) is 24.0. The molecule has 2 aliphatic carbocycles. The molecule has 8 atom stereocenters. The molecule has 0 saturated carbocycles. The Morgan fingerprint density at radius 3 is 2.12 bits per heavy atom. The number of aromatic hydroxyl groups is 3. The van der Waals surface area contributed by atoms with Gasteiger partial charge < -0.3 is 65.5 Å². The molecule has 10 N–H and O–H groups in total. The molecule has 0 aromatic heterocycles. The Labute approximate surface area is 287 Å². The van der Waals surface area contributed by atoms with Gasteiger partial charge in [0, 0.05) is 28.3 Å². The van der Waals surface area contributed by atoms with E-state index < -0.39 is 130 Å². The summed E-state index contributed by atoms with van der Waals surface area (Å²) >= 11 is 0. The van der Waals surface area contributed by atoms with Crippen LogP contribution in [-0.2, 0) is 14.3 Å². The van der Waals surface area contributed by atoms with Gasteiger partial charge in [0.1, 0.15) is 65.7 Å². The second kappa shape index (κ2) is 12.9. The Balaban J connectivity index is 1.59. The summed E-state index contributed by atoms with van der Waals surface area (Å²) in [6, 6.07) is 3.14. The van der Waals surface area contributed by atoms with Crippen molar-refractivity contribution in [3.05, 3.63) is 68.8 Å². The second-order valence-corrected chi connectivity index (χ2v) is 12.5. The van der Waals surface area contributed by atoms with E-state index in [1.54, 1.807) is 0 Å². The quantitative estimate of drug-likeness (QED) is 0.117. The number of ether oxygens (including phenoxy) is 3. The van der Waals surface area contributed by atoms with Gasteiger partial charge in [-0.25, -0.2) is 0 Å². The van der Waals surface area contributed by atoms with Gasteiger partial charge in [0.2, 0.25) is 0 Å². The van der Waals surface area contributed by atoms with E-state index in [1.165, 1.54) is 33.1 Å². The lowest BCUT2D eigenvalue weighted by atomic mass is 9.74. The highest BCUT2D eigenvalue weighted by Gasteiger charge is 2.49. The number of hydrogen-bond donors (Lipinski definition) is 10. The van der Waals surface area contributed by atoms with Crippen molar-refractivity contribution in [3.63, 3.8) is 0 Å². The Kier molecular flexibility index (Phi) is 9.01. The lowest BCUT2D eigenvalue weighted by Gasteiger charge is -2.43. The first-order valence-corrected chi connectivity index (χ1v) is 15.5. The van der Waals surface area contributed by atoms with E-state index >= 15 is 0 Å². The lowest BCUT2D eigenvalue weighted by molar-refractivity contribution is -0.319. The van der Waals surface area contributed by atoms with Crippen LogP contribution in [0.2, 0.25) is 0 Å². The largest absolute Gasteiger partial charge is 0.507 e. The number of nitrogens with one attached hydrogen (secondary N) is 1. The highest BCUT2D eigenvalue weighted by molar-refractivity contribution is 6.31. The topological polar surface area (TPSA) is 290 Å². The average molecular weight is 712 g/mol. The summed E-state index contributed by atoms with van der Waals surface area (Å²) < 4.78 is 16.5. The number of carboxylic acids is 1. The van der Waals surface area contributed by atoms with E-state index in [-0.39, 0.29) is 28.0 Å². The van der Waals surface area contributed by atoms with Crippen LogP contribution in [0, 0.1) is 6.92 Å². The molecule has 6 unspecified atom stereocenters. The van der Waals surface area contributed by atoms with Gasteiger partial charge in [0.15, 0.2) is 17.9 Å². The van der Waals surface area contributed by atoms with Crippen molar-refractivity contribution in [2.24, 2.45) is 0 Å². The van der Waals surface area contributed by atoms with E-state index in [1.807, 2.05) is 0 Å². The third-order valence-electron chi connectivity index (χ3n) is 9.37. The monoisotopic (exact) mass is 711 g/mol. The zero-order chi connectivity index (χ0) is 37.4. The molecule has 1 heterocycles. The molecule has 1 amide bonds. The van der Waals surface area contributed by atoms with Crippen molar-refractivity contribution < 1.29 is 79.3 Å². The van der Waals surface area contributed by atoms with Gasteiger partial charge in [-0.1, -0.05) is 6.07 Å². The van der Waals surface area contributed by atoms with Gasteiger partial charge in [-0.3, -0.25) is 19.2 Å². The predicted octanol–water partition coefficient (Wildman–Crippen LogP) is -0.330. The van der Waals surface area contributed by atoms with Gasteiger partial charge in [-0.15, -0.1) is 0 Å². The van der Waals surface area contributed by atoms with Crippen LogP contribution in [0.3, 0.4) is 0 Å². The number of carbonyl (C=O) groups excluding carboxylic acids is 3. The zero-order valence-corrected chi connectivity index (χ0v) is 27.0. The molecule has 270 valence electrons. The summed E-state index contributed by atoms with van der Waals surface area (Å²) in [4.78, 5) is 52.5. The normalized spacial score (nSPS) is 25.6. The van der Waals surface area contributed by atoms with Gasteiger partial charge in [0.25, 0.3) is 5.91 Å². The van der Waals surface area contributed by atoms with E-state index in [0.717, 1.165) is 12.1 Å². The number of carboxylic acid groups (broad SMARTS) is 1. The van der Waals surface area contributed by atoms with Gasteiger partial charge in [-0.2, -0.15) is 0 Å². The van der Waals surface area contributed by atoms with Gasteiger partial charge in [-0.05, 0) is 42.7 Å². The number of aliphatic hydroxyl groups is 5. The number of rotatable bonds is 7. The van der Waals surface area contributed by atoms with Crippen LogP contribution >= 0.6 is 0 Å². The van der Waals surface area contributed by atoms with Crippen molar-refractivity contribution in [2.75, 3.05) is 13.7 Å². The van der Waals surface area contributed by atoms with Crippen LogP contribution in [-0.4, -0.2) is 120 Å². The van der Waals surface area contributed by atoms with Crippen LogP contribution in [0.5, 0.6) is 23.0 Å². The second-order valence-electron chi connectivity index (χ2n) is 12.5. The van der Waals surface area contributed by atoms with Crippen molar-refractivity contribution >= 4 is 23.4 Å². The average Bonchev–Trinajstić information content (AvgIpc) is 3.08. The minimum atomic E-state index is -1.95. The molecule has 3 aromatic carbocycles. The molecule has 6 rings (SSSR count). The fourth-order valence-electron chi connectivity index (χ4n) is 6.74. The molecule has 0 spiro atoms. The van der Waals surface area contributed by atoms with Crippen molar-refractivity contribution in [2.45, 2.75) is 62.8 Å². The van der Waals surface area contributed by atoms with Crippen molar-refractivity contribution in [1.29, 1.82) is 0 Å². The van der Waals surface area contributed by atoms with Crippen molar-refractivity contribution in [1.82, 2.24) is 5.32 Å². The Hall–Kier alpha value is -5.14. The summed E-state index contributed by atoms with van der Waals surface area (Å²) in [5.41, 5.74) is -3.54. The molecule has 1 saturated heterocycles. The predicted molar refractivity (Wildman–Crippen MR) is 169 cm³/mol. The molecule has 3 aromatic rings. The molecule has 17 heteroatoms. The molecule has 3 aliphatic rings. The number of phenolic OH excluding ortho intramolecular Hbond substituents is 3. The van der Waals surface area contributed by atoms with Crippen LogP contribution in [0.4, 0.5) is 0 Å². The standard InChI is InChI=1S/C34H33NO16/c1-9-4-15-21(27(42)18(9)32(46)35-10(2)33(47)48)20-13(25(40)31(15)51-34-30(45)29(44)26(41)17(8-36)50-34)7-14-22(28(20)43)24(39)12-5-11(49-3)6-16(37)19(12)23(14)38/h4-7,10,17,25-26,29-31,34,36-37,40-45H,8H2,1-3H3,(H,35,46)(H,47,48)/t10?,17?,25-,26?,29?,30?,31-,34?/m0/s1. The first kappa shape index (κ1) is 35.7. The summed E-state index contributed by atoms with van der Waals surface area (Å²) in [5.74, 6) is -6.69. The van der Waals surface area contributed by atoms with E-state index in [0.29, 0.717) is 0 Å². The maximum absolute atomic E-state index is 13.9. The molecule has 1 aliphatic heterocycles. The van der Waals surface area contributed by atoms with Crippen LogP contribution in [0.15, 0.2) is 24.3 Å². The van der Waals surface area contributed by atoms with E-state index in [9.17, 15) is 65.1 Å². The van der Waals surface area contributed by atoms with Crippen LogP contribution in [0.25, 0.3) is 11.1 Å². The van der Waals surface area contributed by atoms with Crippen LogP contribution in [0.1, 0.15) is 78.0 Å². The van der Waals surface area contributed by atoms with Crippen molar-refractivity contribution in [3.8, 4) is 34.1 Å². The first-order valence-electron chi connectivity index (χ1n) is 15.5. The number of aliphatic hydroxyl groups excluding tert-OH is 5. The molecular weight excluding hydrogens is 678 g/mol. The number of fused-ring (bicyclic) bond motifs is 5. The summed E-state index contributed by atoms with van der Waals surface area (Å²) in [6.07, 6.45) is -12.5. The molecular formula is C34H33NO16. The Morgan fingerprint density at radius 1 is 0.863 bits per heavy atom. The summed E-state index contributed by atoms with van der Waals surface area (Å²) in [7, 11) is 1.26. The number of ketones is 2. The number of phenols is 3. The molecule has 51 heavy (non-hydrogen) atoms. The highest BCUT2D eigenvalue weighted by Crippen LogP contribution is 2.57. The fourth-order valence-corrected chi connectivity index (χ4v) is 6.74. The fraction of sp³-hybridized carbons (Fsp3) is 0.353. The number of carbonyl (C=O) groups is 4. The van der Waals surface area contributed by atoms with E-state index in [4.69, 9.17) is 14.2 Å². The van der Waals surface area contributed by atoms with E-state index in [2.05, 4.69) is 5.32 Å². The Bertz CT molecular complexity index is 2010. The van der Waals surface area contributed by atoms with Crippen LogP contribution < -0.4 is 10.1 Å². The summed E-state index contributed by atoms with van der Waals surface area (Å²) in [5, 5.41) is 98.7. The van der Waals surface area contributed by atoms with Gasteiger partial charge >= 0.3 is 5.97 Å². The number of methoxy groups -OCH3 is 1. The molecule has 0 radical (unpaired) electrons. The zero-order valence-electron chi connectivity index (χ0n) is 27.0. The SMILES string of the molecule is COc1cc(O)c2c(c1)C(=O)c1c(cc3c(c1O)-c1c(cc(C)c(C(=O)NC(C)C(=O)O)c1O)[C@H](OC1OC(CO)C(O)C(O)C1O)[C@H]3O)C2=O. The maximum Gasteiger partial charge on any atom is 0.325 e. The lowest BCUT2D eigenvalue weighted by Crippen LogP contribution is -2.59. The van der Waals surface area contributed by atoms with Gasteiger partial charge in [0.05, 0.1) is 30.4 Å². The summed E-state index contributed by atoms with van der Waals surface area (Å²) in [6.45, 7) is 1.71. The maximum atomic E-state index is 13.9. The molecule has 0 bridgehead atoms. The Morgan fingerprint density at radius 2 is 1.49 bits per heavy atom. The minimum absolute atomic E-state index is 0.0135. The third kappa shape index (κ3) is 5.46. The number of benzene rings is 3. The third-order valence-corrected chi connectivity index (χ3v) is 9.37. The molecule has 17 nitrogen and oxygen atoms in total. The highest BCUT2D eigenvalue weighted by atomic mass is 16.7.